The van der Waals surface area contributed by atoms with Crippen LogP contribution in [0, 0.1) is 0 Å². The lowest BCUT2D eigenvalue weighted by Gasteiger charge is -2.07. The fourth-order valence-corrected chi connectivity index (χ4v) is 3.22. The zero-order valence-electron chi connectivity index (χ0n) is 19.8. The monoisotopic (exact) mass is 442 g/mol. The lowest BCUT2D eigenvalue weighted by atomic mass is 10.1. The summed E-state index contributed by atoms with van der Waals surface area (Å²) in [6.45, 7) is 4.48. The second kappa shape index (κ2) is 24.8. The maximum Gasteiger partial charge on any atom is 0.220 e. The molecule has 0 aromatic heterocycles. The zero-order chi connectivity index (χ0) is 22.8. The second-order valence-corrected chi connectivity index (χ2v) is 7.94. The number of amides is 2. The van der Waals surface area contributed by atoms with Crippen LogP contribution in [-0.2, 0) is 23.9 Å². The molecule has 7 nitrogen and oxygen atoms in total. The molecule has 182 valence electrons. The van der Waals surface area contributed by atoms with E-state index in [4.69, 9.17) is 9.47 Å². The molecular weight excluding hydrogens is 396 g/mol. The lowest BCUT2D eigenvalue weighted by molar-refractivity contribution is -0.123. The Morgan fingerprint density at radius 1 is 0.645 bits per heavy atom. The normalized spacial score (nSPS) is 10.7. The third-order valence-electron chi connectivity index (χ3n) is 5.04. The van der Waals surface area contributed by atoms with Crippen molar-refractivity contribution in [2.45, 2.75) is 96.8 Å². The molecule has 0 heterocycles. The Balaban J connectivity index is 3.29. The molecule has 31 heavy (non-hydrogen) atoms. The van der Waals surface area contributed by atoms with Gasteiger partial charge in [-0.25, -0.2) is 0 Å². The van der Waals surface area contributed by atoms with Crippen LogP contribution in [0.25, 0.3) is 0 Å². The Labute approximate surface area is 189 Å². The summed E-state index contributed by atoms with van der Waals surface area (Å²) in [5.74, 6) is 0.0435. The number of aldehydes is 1. The molecule has 2 N–H and O–H groups in total. The minimum Gasteiger partial charge on any atom is -0.377 e. The van der Waals surface area contributed by atoms with Gasteiger partial charge in [0.25, 0.3) is 0 Å². The molecule has 7 heteroatoms. The fourth-order valence-electron chi connectivity index (χ4n) is 3.22. The molecule has 0 aliphatic heterocycles. The van der Waals surface area contributed by atoms with E-state index in [1.54, 1.807) is 0 Å². The van der Waals surface area contributed by atoms with E-state index in [0.29, 0.717) is 58.5 Å². The SMILES string of the molecule is CCCCCCCCCCCCCC(=O)NCCCC(=O)NCCOCCOCC=O. The first kappa shape index (κ1) is 29.5. The van der Waals surface area contributed by atoms with Gasteiger partial charge in [-0.2, -0.15) is 0 Å². The summed E-state index contributed by atoms with van der Waals surface area (Å²) in [6, 6.07) is 0. The number of nitrogens with one attached hydrogen (secondary N) is 2. The van der Waals surface area contributed by atoms with Gasteiger partial charge in [0.15, 0.2) is 0 Å². The van der Waals surface area contributed by atoms with Crippen molar-refractivity contribution in [1.29, 1.82) is 0 Å². The van der Waals surface area contributed by atoms with Crippen LogP contribution in [0.2, 0.25) is 0 Å². The molecule has 0 saturated carbocycles. The van der Waals surface area contributed by atoms with E-state index in [2.05, 4.69) is 17.6 Å². The summed E-state index contributed by atoms with van der Waals surface area (Å²) in [4.78, 5) is 33.6. The Morgan fingerprint density at radius 3 is 1.77 bits per heavy atom. The molecule has 0 atom stereocenters. The van der Waals surface area contributed by atoms with Crippen molar-refractivity contribution in [3.05, 3.63) is 0 Å². The van der Waals surface area contributed by atoms with Gasteiger partial charge in [-0.3, -0.25) is 9.59 Å². The number of hydrogen-bond donors (Lipinski definition) is 2. The first-order valence-electron chi connectivity index (χ1n) is 12.3. The smallest absolute Gasteiger partial charge is 0.220 e. The summed E-state index contributed by atoms with van der Waals surface area (Å²) >= 11 is 0. The number of carbonyl (C=O) groups excluding carboxylic acids is 3. The molecule has 0 spiro atoms. The topological polar surface area (TPSA) is 93.7 Å². The van der Waals surface area contributed by atoms with Gasteiger partial charge in [-0.15, -0.1) is 0 Å². The van der Waals surface area contributed by atoms with E-state index in [-0.39, 0.29) is 18.4 Å². The van der Waals surface area contributed by atoms with E-state index in [9.17, 15) is 14.4 Å². The van der Waals surface area contributed by atoms with Crippen LogP contribution < -0.4 is 10.6 Å². The first-order chi connectivity index (χ1) is 15.2. The van der Waals surface area contributed by atoms with E-state index >= 15 is 0 Å². The van der Waals surface area contributed by atoms with Gasteiger partial charge < -0.3 is 24.9 Å². The number of carbonyl (C=O) groups is 3. The van der Waals surface area contributed by atoms with Gasteiger partial charge >= 0.3 is 0 Å². The van der Waals surface area contributed by atoms with Crippen molar-refractivity contribution < 1.29 is 23.9 Å². The third-order valence-corrected chi connectivity index (χ3v) is 5.04. The van der Waals surface area contributed by atoms with Crippen LogP contribution in [0.5, 0.6) is 0 Å². The van der Waals surface area contributed by atoms with Gasteiger partial charge in [0.05, 0.1) is 19.8 Å². The van der Waals surface area contributed by atoms with Gasteiger partial charge in [-0.05, 0) is 12.8 Å². The molecule has 0 bridgehead atoms. The van der Waals surface area contributed by atoms with Gasteiger partial charge in [0.1, 0.15) is 12.9 Å². The zero-order valence-corrected chi connectivity index (χ0v) is 19.8. The first-order valence-corrected chi connectivity index (χ1v) is 12.3. The summed E-state index contributed by atoms with van der Waals surface area (Å²) in [5.41, 5.74) is 0. The van der Waals surface area contributed by atoms with Crippen molar-refractivity contribution in [2.75, 3.05) is 39.5 Å². The molecule has 2 amide bonds. The molecule has 0 aromatic rings. The van der Waals surface area contributed by atoms with Gasteiger partial charge in [-0.1, -0.05) is 71.1 Å². The number of hydrogen-bond acceptors (Lipinski definition) is 5. The van der Waals surface area contributed by atoms with E-state index in [1.165, 1.54) is 57.8 Å². The molecule has 0 aromatic carbocycles. The minimum atomic E-state index is -0.0413. The summed E-state index contributed by atoms with van der Waals surface area (Å²) in [6.07, 6.45) is 16.3. The molecular formula is C24H46N2O5. The number of unbranched alkanes of at least 4 members (excludes halogenated alkanes) is 10. The highest BCUT2D eigenvalue weighted by molar-refractivity contribution is 5.77. The lowest BCUT2D eigenvalue weighted by Crippen LogP contribution is -2.29. The summed E-state index contributed by atoms with van der Waals surface area (Å²) < 4.78 is 10.2. The highest BCUT2D eigenvalue weighted by Gasteiger charge is 2.03. The maximum atomic E-state index is 11.8. The van der Waals surface area contributed by atoms with Crippen LogP contribution >= 0.6 is 0 Å². The number of rotatable bonds is 24. The van der Waals surface area contributed by atoms with Crippen LogP contribution in [0.4, 0.5) is 0 Å². The van der Waals surface area contributed by atoms with E-state index < -0.39 is 0 Å². The van der Waals surface area contributed by atoms with Gasteiger partial charge in [0.2, 0.25) is 11.8 Å². The van der Waals surface area contributed by atoms with E-state index in [0.717, 1.165) is 12.8 Å². The highest BCUT2D eigenvalue weighted by atomic mass is 16.5. The molecule has 0 fully saturated rings. The molecule has 0 aliphatic carbocycles. The molecule has 0 rings (SSSR count). The Bertz CT molecular complexity index is 432. The van der Waals surface area contributed by atoms with Crippen molar-refractivity contribution in [1.82, 2.24) is 10.6 Å². The third kappa shape index (κ3) is 24.7. The van der Waals surface area contributed by atoms with Crippen LogP contribution in [0.1, 0.15) is 96.8 Å². The van der Waals surface area contributed by atoms with Crippen molar-refractivity contribution in [3.8, 4) is 0 Å². The predicted molar refractivity (Wildman–Crippen MR) is 124 cm³/mol. The molecule has 0 saturated heterocycles. The average Bonchev–Trinajstić information content (AvgIpc) is 2.77. The summed E-state index contributed by atoms with van der Waals surface area (Å²) in [7, 11) is 0. The summed E-state index contributed by atoms with van der Waals surface area (Å²) in [5, 5.41) is 5.67. The van der Waals surface area contributed by atoms with Crippen molar-refractivity contribution >= 4 is 18.1 Å². The predicted octanol–water partition coefficient (Wildman–Crippen LogP) is 3.93. The maximum absolute atomic E-state index is 11.8. The molecule has 0 aliphatic rings. The van der Waals surface area contributed by atoms with Crippen molar-refractivity contribution in [3.63, 3.8) is 0 Å². The fraction of sp³-hybridized carbons (Fsp3) is 0.875. The second-order valence-electron chi connectivity index (χ2n) is 7.94. The number of ether oxygens (including phenoxy) is 2. The van der Waals surface area contributed by atoms with E-state index in [1.807, 2.05) is 0 Å². The minimum absolute atomic E-state index is 0.0413. The van der Waals surface area contributed by atoms with Gasteiger partial charge in [0, 0.05) is 25.9 Å². The molecule has 0 unspecified atom stereocenters. The van der Waals surface area contributed by atoms with Crippen LogP contribution in [-0.4, -0.2) is 57.6 Å². The van der Waals surface area contributed by atoms with Crippen LogP contribution in [0.15, 0.2) is 0 Å². The highest BCUT2D eigenvalue weighted by Crippen LogP contribution is 2.11. The Kier molecular flexibility index (Phi) is 23.6. The standard InChI is InChI=1S/C24H46N2O5/c1-2-3-4-5-6-7-8-9-10-11-12-14-23(28)25-16-13-15-24(29)26-17-19-30-21-22-31-20-18-27/h18H,2-17,19-22H2,1H3,(H,25,28)(H,26,29). The average molecular weight is 443 g/mol. The Hall–Kier alpha value is -1.47. The largest absolute Gasteiger partial charge is 0.377 e. The quantitative estimate of drug-likeness (QED) is 0.174. The van der Waals surface area contributed by atoms with Crippen LogP contribution in [0.3, 0.4) is 0 Å². The Morgan fingerprint density at radius 2 is 1.16 bits per heavy atom. The van der Waals surface area contributed by atoms with Crippen molar-refractivity contribution in [2.24, 2.45) is 0 Å². The molecule has 0 radical (unpaired) electrons.